The average Bonchev–Trinajstić information content (AvgIpc) is 2.78. The van der Waals surface area contributed by atoms with E-state index >= 15 is 0 Å². The Bertz CT molecular complexity index is 780. The van der Waals surface area contributed by atoms with Crippen LogP contribution in [-0.2, 0) is 14.1 Å². The van der Waals surface area contributed by atoms with Crippen LogP contribution in [0.5, 0.6) is 5.75 Å². The van der Waals surface area contributed by atoms with E-state index in [1.165, 1.54) is 0 Å². The first-order valence-corrected chi connectivity index (χ1v) is 8.42. The summed E-state index contributed by atoms with van der Waals surface area (Å²) in [6, 6.07) is 18.3. The van der Waals surface area contributed by atoms with Crippen molar-refractivity contribution in [2.45, 2.75) is 0 Å². The zero-order valence-corrected chi connectivity index (χ0v) is 13.9. The van der Waals surface area contributed by atoms with E-state index in [2.05, 4.69) is 0 Å². The second-order valence-corrected chi connectivity index (χ2v) is 6.17. The number of nitrogens with zero attached hydrogens (tertiary/aromatic N) is 2. The molecule has 1 aromatic heterocycles. The Hall–Kier alpha value is -2.38. The molecule has 0 unspecified atom stereocenters. The maximum Gasteiger partial charge on any atom is 0.390 e. The quantitative estimate of drug-likeness (QED) is 0.593. The molecule has 0 radical (unpaired) electrons. The van der Waals surface area contributed by atoms with Gasteiger partial charge in [-0.15, -0.1) is 4.68 Å². The number of aromatic nitrogens is 2. The van der Waals surface area contributed by atoms with Crippen LogP contribution in [-0.4, -0.2) is 4.68 Å². The van der Waals surface area contributed by atoms with Gasteiger partial charge in [0.15, 0.2) is 12.7 Å². The standard InChI is InChI=1S/C17H16ClN2O4/c1-19-15(13-9-5-3-6-10-13)17(24-18(21,22)23)16(20(19)2)14-11-7-4-8-12-14/h3-12H,1-2H3/q+1. The summed E-state index contributed by atoms with van der Waals surface area (Å²) < 4.78 is 42.1. The smallest absolute Gasteiger partial charge is 0.167 e. The second kappa shape index (κ2) is 6.26. The Balaban J connectivity index is 2.30. The minimum Gasteiger partial charge on any atom is -0.167 e. The van der Waals surface area contributed by atoms with Crippen LogP contribution in [0.4, 0.5) is 0 Å². The zero-order valence-electron chi connectivity index (χ0n) is 13.2. The lowest BCUT2D eigenvalue weighted by molar-refractivity contribution is -1.91. The Morgan fingerprint density at radius 2 is 1.38 bits per heavy atom. The molecule has 0 saturated carbocycles. The van der Waals surface area contributed by atoms with E-state index in [0.29, 0.717) is 11.4 Å². The van der Waals surface area contributed by atoms with Crippen LogP contribution < -0.4 is 22.9 Å². The van der Waals surface area contributed by atoms with Gasteiger partial charge < -0.3 is 0 Å². The van der Waals surface area contributed by atoms with E-state index in [9.17, 15) is 14.0 Å². The molecule has 0 N–H and O–H groups in total. The summed E-state index contributed by atoms with van der Waals surface area (Å²) in [5, 5.41) is 0. The molecule has 0 aliphatic carbocycles. The second-order valence-electron chi connectivity index (χ2n) is 5.26. The van der Waals surface area contributed by atoms with Crippen molar-refractivity contribution >= 4 is 0 Å². The van der Waals surface area contributed by atoms with Crippen LogP contribution in [0, 0.1) is 10.2 Å². The molecule has 0 spiro atoms. The summed E-state index contributed by atoms with van der Waals surface area (Å²) in [5.41, 5.74) is 2.49. The van der Waals surface area contributed by atoms with Gasteiger partial charge in [0.1, 0.15) is 10.2 Å². The normalized spacial score (nSPS) is 11.5. The van der Waals surface area contributed by atoms with E-state index in [1.54, 1.807) is 23.5 Å². The largest absolute Gasteiger partial charge is 0.390 e. The van der Waals surface area contributed by atoms with Crippen molar-refractivity contribution in [3.05, 3.63) is 60.7 Å². The fourth-order valence-electron chi connectivity index (χ4n) is 2.70. The number of hydrogen-bond donors (Lipinski definition) is 0. The van der Waals surface area contributed by atoms with Gasteiger partial charge in [0.25, 0.3) is 5.69 Å². The molecule has 0 amide bonds. The van der Waals surface area contributed by atoms with Crippen LogP contribution >= 0.6 is 0 Å². The molecular weight excluding hydrogens is 332 g/mol. The van der Waals surface area contributed by atoms with Gasteiger partial charge in [0.05, 0.1) is 12.6 Å². The summed E-state index contributed by atoms with van der Waals surface area (Å²) in [6.07, 6.45) is 0. The summed E-state index contributed by atoms with van der Waals surface area (Å²) in [4.78, 5) is 0. The van der Waals surface area contributed by atoms with E-state index in [0.717, 1.165) is 11.1 Å². The molecule has 2 aromatic carbocycles. The molecule has 7 heteroatoms. The van der Waals surface area contributed by atoms with Crippen molar-refractivity contribution in [1.82, 2.24) is 4.68 Å². The minimum atomic E-state index is -4.62. The third kappa shape index (κ3) is 3.13. The fourth-order valence-corrected chi connectivity index (χ4v) is 3.04. The Morgan fingerprint density at radius 1 is 0.875 bits per heavy atom. The van der Waals surface area contributed by atoms with Crippen LogP contribution in [0.3, 0.4) is 0 Å². The Kier molecular flexibility index (Phi) is 4.29. The summed E-state index contributed by atoms with van der Waals surface area (Å²) in [6.45, 7) is 0. The topological polar surface area (TPSA) is 87.2 Å². The van der Waals surface area contributed by atoms with Crippen molar-refractivity contribution in [2.24, 2.45) is 14.1 Å². The molecule has 0 fully saturated rings. The van der Waals surface area contributed by atoms with Crippen molar-refractivity contribution in [2.75, 3.05) is 0 Å². The highest BCUT2D eigenvalue weighted by Gasteiger charge is 2.39. The van der Waals surface area contributed by atoms with Gasteiger partial charge in [-0.3, -0.25) is 0 Å². The maximum atomic E-state index is 11.3. The first-order valence-electron chi connectivity index (χ1n) is 7.18. The first-order chi connectivity index (χ1) is 11.4. The first kappa shape index (κ1) is 16.5. The lowest BCUT2D eigenvalue weighted by atomic mass is 10.1. The van der Waals surface area contributed by atoms with Crippen LogP contribution in [0.15, 0.2) is 60.7 Å². The summed E-state index contributed by atoms with van der Waals surface area (Å²) in [7, 11) is -1.07. The number of rotatable bonds is 4. The lowest BCUT2D eigenvalue weighted by Gasteiger charge is -2.12. The van der Waals surface area contributed by atoms with Gasteiger partial charge in [-0.25, -0.2) is 0 Å². The highest BCUT2D eigenvalue weighted by Crippen LogP contribution is 2.38. The van der Waals surface area contributed by atoms with E-state index < -0.39 is 10.2 Å². The molecule has 0 aliphatic heterocycles. The molecule has 0 bridgehead atoms. The fraction of sp³-hybridized carbons (Fsp3) is 0.118. The summed E-state index contributed by atoms with van der Waals surface area (Å²) >= 11 is 0. The Labute approximate surface area is 141 Å². The molecule has 0 aliphatic rings. The van der Waals surface area contributed by atoms with Crippen molar-refractivity contribution in [3.63, 3.8) is 0 Å². The molecule has 3 rings (SSSR count). The molecule has 1 heterocycles. The number of benzene rings is 2. The van der Waals surface area contributed by atoms with Gasteiger partial charge in [-0.05, 0) is 12.1 Å². The van der Waals surface area contributed by atoms with Crippen LogP contribution in [0.2, 0.25) is 0 Å². The highest BCUT2D eigenvalue weighted by molar-refractivity contribution is 5.76. The maximum absolute atomic E-state index is 11.3. The van der Waals surface area contributed by atoms with Crippen LogP contribution in [0.25, 0.3) is 22.5 Å². The van der Waals surface area contributed by atoms with Gasteiger partial charge in [-0.2, -0.15) is 18.7 Å². The van der Waals surface area contributed by atoms with Crippen molar-refractivity contribution in [3.8, 4) is 28.3 Å². The van der Waals surface area contributed by atoms with Gasteiger partial charge in [-0.1, -0.05) is 52.8 Å². The minimum absolute atomic E-state index is 0.00840. The van der Waals surface area contributed by atoms with Crippen molar-refractivity contribution in [1.29, 1.82) is 0 Å². The van der Waals surface area contributed by atoms with E-state index in [1.807, 2.05) is 60.7 Å². The van der Waals surface area contributed by atoms with Gasteiger partial charge in [0, 0.05) is 5.56 Å². The molecule has 6 nitrogen and oxygen atoms in total. The molecule has 24 heavy (non-hydrogen) atoms. The predicted octanol–water partition coefficient (Wildman–Crippen LogP) is -0.540. The molecule has 3 aromatic rings. The summed E-state index contributed by atoms with van der Waals surface area (Å²) in [5.74, 6) is 0.00840. The third-order valence-electron chi connectivity index (χ3n) is 3.79. The van der Waals surface area contributed by atoms with Gasteiger partial charge in [0.2, 0.25) is 0 Å². The molecule has 124 valence electrons. The molecular formula is C17H16ClN2O4+. The lowest BCUT2D eigenvalue weighted by Crippen LogP contribution is -2.63. The van der Waals surface area contributed by atoms with E-state index in [4.69, 9.17) is 4.29 Å². The van der Waals surface area contributed by atoms with Crippen molar-refractivity contribution < 1.29 is 33.2 Å². The third-order valence-corrected chi connectivity index (χ3v) is 4.14. The SMILES string of the molecule is Cn1c(-c2ccccc2)c(O[Cl+3]([O-])([O-])[O-])c(-c2ccccc2)[n+]1C. The van der Waals surface area contributed by atoms with E-state index in [-0.39, 0.29) is 5.75 Å². The van der Waals surface area contributed by atoms with Crippen LogP contribution in [0.1, 0.15) is 0 Å². The molecule has 0 saturated heterocycles. The Morgan fingerprint density at radius 3 is 1.88 bits per heavy atom. The number of hydrogen-bond acceptors (Lipinski definition) is 4. The highest BCUT2D eigenvalue weighted by atomic mass is 35.7. The monoisotopic (exact) mass is 347 g/mol. The van der Waals surface area contributed by atoms with Gasteiger partial charge >= 0.3 is 5.75 Å². The number of halogens is 1. The molecule has 0 atom stereocenters. The predicted molar refractivity (Wildman–Crippen MR) is 78.1 cm³/mol. The average molecular weight is 348 g/mol. The zero-order chi connectivity index (χ0) is 17.3.